The molecule has 2 aromatic carbocycles. The number of carbonyl (C=O) groups excluding carboxylic acids is 1. The van der Waals surface area contributed by atoms with Crippen LogP contribution in [0.4, 0.5) is 5.69 Å². The van der Waals surface area contributed by atoms with Crippen LogP contribution < -0.4 is 24.8 Å². The van der Waals surface area contributed by atoms with Crippen molar-refractivity contribution < 1.29 is 19.0 Å². The van der Waals surface area contributed by atoms with Crippen molar-refractivity contribution in [1.82, 2.24) is 5.32 Å². The molecule has 2 rings (SSSR count). The zero-order chi connectivity index (χ0) is 20.7. The Morgan fingerprint density at radius 1 is 1.04 bits per heavy atom. The van der Waals surface area contributed by atoms with Gasteiger partial charge in [-0.3, -0.25) is 10.1 Å². The largest absolute Gasteiger partial charge is 0.493 e. The Morgan fingerprint density at radius 2 is 1.61 bits per heavy atom. The van der Waals surface area contributed by atoms with Crippen LogP contribution in [-0.2, 0) is 0 Å². The van der Waals surface area contributed by atoms with E-state index in [9.17, 15) is 4.79 Å². The van der Waals surface area contributed by atoms with E-state index in [0.717, 1.165) is 12.1 Å². The highest BCUT2D eigenvalue weighted by molar-refractivity contribution is 7.80. The lowest BCUT2D eigenvalue weighted by molar-refractivity contribution is 0.0977. The van der Waals surface area contributed by atoms with E-state index in [1.54, 1.807) is 12.1 Å². The first-order chi connectivity index (χ1) is 13.4. The van der Waals surface area contributed by atoms with E-state index in [1.165, 1.54) is 26.9 Å². The number of anilines is 1. The van der Waals surface area contributed by atoms with Gasteiger partial charge in [-0.25, -0.2) is 0 Å². The molecule has 0 heterocycles. The van der Waals surface area contributed by atoms with Gasteiger partial charge in [-0.2, -0.15) is 0 Å². The van der Waals surface area contributed by atoms with Crippen molar-refractivity contribution >= 4 is 28.9 Å². The van der Waals surface area contributed by atoms with Gasteiger partial charge in [0.05, 0.1) is 21.3 Å². The van der Waals surface area contributed by atoms with Crippen LogP contribution in [-0.4, -0.2) is 32.3 Å². The van der Waals surface area contributed by atoms with E-state index in [4.69, 9.17) is 26.4 Å². The topological polar surface area (TPSA) is 68.8 Å². The minimum absolute atomic E-state index is 0.204. The van der Waals surface area contributed by atoms with Crippen molar-refractivity contribution in [2.45, 2.75) is 26.2 Å². The third kappa shape index (κ3) is 5.13. The molecule has 0 fully saturated rings. The van der Waals surface area contributed by atoms with Crippen molar-refractivity contribution in [1.29, 1.82) is 0 Å². The fraction of sp³-hybridized carbons (Fsp3) is 0.333. The number of benzene rings is 2. The monoisotopic (exact) mass is 402 g/mol. The molecule has 6 nitrogen and oxygen atoms in total. The van der Waals surface area contributed by atoms with Crippen molar-refractivity contribution in [3.05, 3.63) is 47.5 Å². The fourth-order valence-electron chi connectivity index (χ4n) is 2.68. The normalized spacial score (nSPS) is 11.3. The van der Waals surface area contributed by atoms with Gasteiger partial charge in [-0.15, -0.1) is 0 Å². The van der Waals surface area contributed by atoms with Gasteiger partial charge in [-0.05, 0) is 54.4 Å². The maximum atomic E-state index is 12.6. The van der Waals surface area contributed by atoms with Gasteiger partial charge in [0.15, 0.2) is 16.6 Å². The lowest BCUT2D eigenvalue weighted by Gasteiger charge is -2.15. The SMILES string of the molecule is CC[C@H](C)c1ccc(NC(=S)NC(=O)c2cc(OC)c(OC)c(OC)c2)cc1. The summed E-state index contributed by atoms with van der Waals surface area (Å²) < 4.78 is 15.8. The van der Waals surface area contributed by atoms with E-state index < -0.39 is 0 Å². The Balaban J connectivity index is 2.09. The molecule has 2 N–H and O–H groups in total. The van der Waals surface area contributed by atoms with Crippen LogP contribution in [0.3, 0.4) is 0 Å². The number of thiocarbonyl (C=S) groups is 1. The molecule has 28 heavy (non-hydrogen) atoms. The maximum absolute atomic E-state index is 12.6. The number of amides is 1. The Bertz CT molecular complexity index is 812. The number of nitrogens with one attached hydrogen (secondary N) is 2. The smallest absolute Gasteiger partial charge is 0.257 e. The minimum atomic E-state index is -0.382. The van der Waals surface area contributed by atoms with Gasteiger partial charge in [0.2, 0.25) is 5.75 Å². The highest BCUT2D eigenvalue weighted by Gasteiger charge is 2.17. The second kappa shape index (κ2) is 9.94. The predicted molar refractivity (Wildman–Crippen MR) is 115 cm³/mol. The third-order valence-electron chi connectivity index (χ3n) is 4.50. The first kappa shape index (κ1) is 21.5. The van der Waals surface area contributed by atoms with E-state index in [0.29, 0.717) is 28.7 Å². The number of ether oxygens (including phenoxy) is 3. The number of hydrogen-bond donors (Lipinski definition) is 2. The van der Waals surface area contributed by atoms with E-state index in [-0.39, 0.29) is 11.0 Å². The number of hydrogen-bond acceptors (Lipinski definition) is 5. The molecule has 0 unspecified atom stereocenters. The summed E-state index contributed by atoms with van der Waals surface area (Å²) >= 11 is 5.26. The van der Waals surface area contributed by atoms with Crippen molar-refractivity contribution in [3.63, 3.8) is 0 Å². The Morgan fingerprint density at radius 3 is 2.07 bits per heavy atom. The minimum Gasteiger partial charge on any atom is -0.493 e. The first-order valence-electron chi connectivity index (χ1n) is 8.95. The van der Waals surface area contributed by atoms with Crippen LogP contribution in [0.15, 0.2) is 36.4 Å². The van der Waals surface area contributed by atoms with E-state index in [2.05, 4.69) is 36.6 Å². The number of rotatable bonds is 7. The molecule has 0 saturated carbocycles. The molecular weight excluding hydrogens is 376 g/mol. The van der Waals surface area contributed by atoms with E-state index in [1.807, 2.05) is 12.1 Å². The van der Waals surface area contributed by atoms with Gasteiger partial charge in [0.1, 0.15) is 0 Å². The highest BCUT2D eigenvalue weighted by atomic mass is 32.1. The van der Waals surface area contributed by atoms with Crippen molar-refractivity contribution in [2.75, 3.05) is 26.6 Å². The van der Waals surface area contributed by atoms with Crippen molar-refractivity contribution in [3.8, 4) is 17.2 Å². The Hall–Kier alpha value is -2.80. The van der Waals surface area contributed by atoms with Gasteiger partial charge in [0.25, 0.3) is 5.91 Å². The van der Waals surface area contributed by atoms with Crippen LogP contribution in [0, 0.1) is 0 Å². The number of methoxy groups -OCH3 is 3. The Kier molecular flexibility index (Phi) is 7.63. The maximum Gasteiger partial charge on any atom is 0.257 e. The van der Waals surface area contributed by atoms with Gasteiger partial charge in [0, 0.05) is 11.3 Å². The molecule has 150 valence electrons. The fourth-order valence-corrected chi connectivity index (χ4v) is 2.89. The van der Waals surface area contributed by atoms with Crippen LogP contribution in [0.5, 0.6) is 17.2 Å². The van der Waals surface area contributed by atoms with Gasteiger partial charge >= 0.3 is 0 Å². The Labute approximate surface area is 171 Å². The summed E-state index contributed by atoms with van der Waals surface area (Å²) in [4.78, 5) is 12.6. The highest BCUT2D eigenvalue weighted by Crippen LogP contribution is 2.38. The summed E-state index contributed by atoms with van der Waals surface area (Å²) in [7, 11) is 4.49. The average molecular weight is 403 g/mol. The van der Waals surface area contributed by atoms with Crippen LogP contribution >= 0.6 is 12.2 Å². The zero-order valence-electron chi connectivity index (χ0n) is 16.8. The summed E-state index contributed by atoms with van der Waals surface area (Å²) in [5.74, 6) is 1.33. The van der Waals surface area contributed by atoms with E-state index >= 15 is 0 Å². The second-order valence-corrected chi connectivity index (χ2v) is 6.66. The first-order valence-corrected chi connectivity index (χ1v) is 9.36. The number of carbonyl (C=O) groups is 1. The average Bonchev–Trinajstić information content (AvgIpc) is 2.72. The second-order valence-electron chi connectivity index (χ2n) is 6.25. The van der Waals surface area contributed by atoms with Crippen LogP contribution in [0.1, 0.15) is 42.1 Å². The lowest BCUT2D eigenvalue weighted by atomic mass is 9.99. The molecule has 1 amide bonds. The molecule has 0 aliphatic carbocycles. The zero-order valence-corrected chi connectivity index (χ0v) is 17.6. The molecule has 1 atom stereocenters. The summed E-state index contributed by atoms with van der Waals surface area (Å²) in [6.07, 6.45) is 1.08. The third-order valence-corrected chi connectivity index (χ3v) is 4.71. The summed E-state index contributed by atoms with van der Waals surface area (Å²) in [6.45, 7) is 4.34. The molecule has 0 aromatic heterocycles. The van der Waals surface area contributed by atoms with Crippen LogP contribution in [0.25, 0.3) is 0 Å². The quantitative estimate of drug-likeness (QED) is 0.671. The summed E-state index contributed by atoms with van der Waals surface area (Å²) in [5, 5.41) is 5.89. The molecule has 0 bridgehead atoms. The molecule has 7 heteroatoms. The van der Waals surface area contributed by atoms with Crippen molar-refractivity contribution in [2.24, 2.45) is 0 Å². The van der Waals surface area contributed by atoms with Gasteiger partial charge < -0.3 is 19.5 Å². The standard InChI is InChI=1S/C21H26N2O4S/c1-6-13(2)14-7-9-16(10-8-14)22-21(28)23-20(24)15-11-17(25-3)19(27-5)18(12-15)26-4/h7-13H,6H2,1-5H3,(H2,22,23,24,28)/t13-/m0/s1. The van der Waals surface area contributed by atoms with Gasteiger partial charge in [-0.1, -0.05) is 26.0 Å². The molecule has 0 spiro atoms. The molecule has 2 aromatic rings. The molecule has 0 saturated heterocycles. The lowest BCUT2D eigenvalue weighted by Crippen LogP contribution is -2.34. The predicted octanol–water partition coefficient (Wildman–Crippen LogP) is 4.35. The molecule has 0 aliphatic rings. The summed E-state index contributed by atoms with van der Waals surface area (Å²) in [6, 6.07) is 11.1. The molecule has 0 radical (unpaired) electrons. The molecule has 0 aliphatic heterocycles. The molecular formula is C21H26N2O4S. The summed E-state index contributed by atoms with van der Waals surface area (Å²) in [5.41, 5.74) is 2.41. The van der Waals surface area contributed by atoms with Crippen LogP contribution in [0.2, 0.25) is 0 Å².